The molecule has 102 valence electrons. The third-order valence-corrected chi connectivity index (χ3v) is 2.98. The lowest BCUT2D eigenvalue weighted by atomic mass is 10.1. The van der Waals surface area contributed by atoms with E-state index >= 15 is 0 Å². The smallest absolute Gasteiger partial charge is 0.152 e. The van der Waals surface area contributed by atoms with Gasteiger partial charge in [-0.05, 0) is 48.8 Å². The summed E-state index contributed by atoms with van der Waals surface area (Å²) < 4.78 is 5.72. The lowest BCUT2D eigenvalue weighted by Crippen LogP contribution is -1.95. The average Bonchev–Trinajstić information content (AvgIpc) is 2.46. The number of benzene rings is 2. The van der Waals surface area contributed by atoms with Gasteiger partial charge < -0.3 is 4.74 Å². The third-order valence-electron chi connectivity index (χ3n) is 2.98. The predicted molar refractivity (Wildman–Crippen MR) is 81.5 cm³/mol. The quantitative estimate of drug-likeness (QED) is 0.756. The first-order valence-electron chi connectivity index (χ1n) is 6.61. The molecule has 0 aliphatic rings. The van der Waals surface area contributed by atoms with Crippen molar-refractivity contribution in [3.05, 3.63) is 71.8 Å². The Morgan fingerprint density at radius 2 is 1.65 bits per heavy atom. The van der Waals surface area contributed by atoms with E-state index in [0.717, 1.165) is 22.4 Å². The largest absolute Gasteiger partial charge is 0.489 e. The number of hydrogen-bond donors (Lipinski definition) is 0. The minimum absolute atomic E-state index is 0.0619. The van der Waals surface area contributed by atoms with Crippen LogP contribution >= 0.6 is 0 Å². The summed E-state index contributed by atoms with van der Waals surface area (Å²) in [5.74, 6) is 0.889. The molecule has 0 fully saturated rings. The highest BCUT2D eigenvalue weighted by atomic mass is 16.5. The summed E-state index contributed by atoms with van der Waals surface area (Å²) in [5.41, 5.74) is 3.14. The number of ketones is 1. The Hall–Kier alpha value is -2.35. The van der Waals surface area contributed by atoms with Crippen LogP contribution < -0.4 is 4.74 Å². The first kappa shape index (κ1) is 14.1. The molecule has 0 radical (unpaired) electrons. The molecule has 0 N–H and O–H groups in total. The van der Waals surface area contributed by atoms with Crippen molar-refractivity contribution >= 4 is 11.4 Å². The van der Waals surface area contributed by atoms with E-state index in [4.69, 9.17) is 4.74 Å². The fourth-order valence-corrected chi connectivity index (χ4v) is 1.94. The topological polar surface area (TPSA) is 26.3 Å². The van der Waals surface area contributed by atoms with Crippen molar-refractivity contribution in [2.24, 2.45) is 0 Å². The molecule has 0 heterocycles. The monoisotopic (exact) mass is 266 g/mol. The number of rotatable bonds is 5. The molecule has 0 amide bonds. The van der Waals surface area contributed by atoms with Crippen LogP contribution in [0, 0.1) is 0 Å². The molecule has 20 heavy (non-hydrogen) atoms. The van der Waals surface area contributed by atoms with Gasteiger partial charge in [0.25, 0.3) is 0 Å². The molecule has 0 saturated heterocycles. The molecule has 0 aliphatic heterocycles. The Morgan fingerprint density at radius 1 is 1.00 bits per heavy atom. The Labute approximate surface area is 119 Å². The second-order valence-corrected chi connectivity index (χ2v) is 4.74. The van der Waals surface area contributed by atoms with E-state index in [0.29, 0.717) is 6.61 Å². The van der Waals surface area contributed by atoms with Crippen LogP contribution in [0.3, 0.4) is 0 Å². The zero-order chi connectivity index (χ0) is 14.4. The highest BCUT2D eigenvalue weighted by Gasteiger charge is 1.99. The number of carbonyl (C=O) groups is 1. The molecule has 2 rings (SSSR count). The van der Waals surface area contributed by atoms with Gasteiger partial charge >= 0.3 is 0 Å². The Morgan fingerprint density at radius 3 is 2.25 bits per heavy atom. The lowest BCUT2D eigenvalue weighted by Gasteiger charge is -2.07. The molecule has 2 heteroatoms. The van der Waals surface area contributed by atoms with Crippen LogP contribution in [0.2, 0.25) is 0 Å². The van der Waals surface area contributed by atoms with Crippen molar-refractivity contribution in [3.63, 3.8) is 0 Å². The molecule has 0 atom stereocenters. The number of ether oxygens (including phenoxy) is 1. The molecule has 0 aliphatic carbocycles. The number of hydrogen-bond acceptors (Lipinski definition) is 2. The van der Waals surface area contributed by atoms with E-state index in [9.17, 15) is 4.79 Å². The van der Waals surface area contributed by atoms with Crippen molar-refractivity contribution in [2.45, 2.75) is 20.5 Å². The molecule has 2 aromatic carbocycles. The van der Waals surface area contributed by atoms with Gasteiger partial charge in [0.05, 0.1) is 0 Å². The van der Waals surface area contributed by atoms with E-state index in [1.165, 1.54) is 0 Å². The minimum atomic E-state index is 0.0619. The SMILES string of the molecule is CC(=O)/C=C(\C)c1ccc(OCc2ccccc2)cc1. The van der Waals surface area contributed by atoms with Gasteiger partial charge in [-0.25, -0.2) is 0 Å². The third kappa shape index (κ3) is 4.09. The molecular formula is C18H18O2. The van der Waals surface area contributed by atoms with E-state index < -0.39 is 0 Å². The van der Waals surface area contributed by atoms with Gasteiger partial charge in [-0.1, -0.05) is 42.5 Å². The summed E-state index contributed by atoms with van der Waals surface area (Å²) in [7, 11) is 0. The van der Waals surface area contributed by atoms with Crippen LogP contribution in [0.25, 0.3) is 5.57 Å². The maximum absolute atomic E-state index is 11.1. The van der Waals surface area contributed by atoms with Crippen LogP contribution in [0.4, 0.5) is 0 Å². The summed E-state index contributed by atoms with van der Waals surface area (Å²) in [6.45, 7) is 4.05. The highest BCUT2D eigenvalue weighted by molar-refractivity contribution is 5.94. The Kier molecular flexibility index (Phi) is 4.72. The average molecular weight is 266 g/mol. The van der Waals surface area contributed by atoms with Crippen LogP contribution in [-0.2, 0) is 11.4 Å². The van der Waals surface area contributed by atoms with Crippen LogP contribution in [0.1, 0.15) is 25.0 Å². The summed E-state index contributed by atoms with van der Waals surface area (Å²) >= 11 is 0. The van der Waals surface area contributed by atoms with E-state index in [1.807, 2.05) is 61.5 Å². The molecule has 0 aromatic heterocycles. The minimum Gasteiger partial charge on any atom is -0.489 e. The van der Waals surface area contributed by atoms with Crippen molar-refractivity contribution in [2.75, 3.05) is 0 Å². The summed E-state index contributed by atoms with van der Waals surface area (Å²) in [4.78, 5) is 11.1. The lowest BCUT2D eigenvalue weighted by molar-refractivity contribution is -0.112. The summed E-state index contributed by atoms with van der Waals surface area (Å²) in [6, 6.07) is 17.8. The van der Waals surface area contributed by atoms with E-state index in [-0.39, 0.29) is 5.78 Å². The normalized spacial score (nSPS) is 11.2. The molecule has 0 saturated carbocycles. The van der Waals surface area contributed by atoms with Gasteiger partial charge in [0, 0.05) is 0 Å². The Balaban J connectivity index is 2.00. The van der Waals surface area contributed by atoms with Crippen molar-refractivity contribution in [1.29, 1.82) is 0 Å². The van der Waals surface area contributed by atoms with Gasteiger partial charge in [0.2, 0.25) is 0 Å². The van der Waals surface area contributed by atoms with Crippen molar-refractivity contribution in [1.82, 2.24) is 0 Å². The molecular weight excluding hydrogens is 248 g/mol. The molecule has 0 spiro atoms. The van der Waals surface area contributed by atoms with Crippen LogP contribution in [0.15, 0.2) is 60.7 Å². The van der Waals surface area contributed by atoms with Gasteiger partial charge in [0.1, 0.15) is 12.4 Å². The van der Waals surface area contributed by atoms with Crippen molar-refractivity contribution in [3.8, 4) is 5.75 Å². The zero-order valence-corrected chi connectivity index (χ0v) is 11.8. The number of allylic oxidation sites excluding steroid dienone is 2. The first-order chi connectivity index (χ1) is 9.65. The van der Waals surface area contributed by atoms with E-state index in [1.54, 1.807) is 13.0 Å². The fraction of sp³-hybridized carbons (Fsp3) is 0.167. The highest BCUT2D eigenvalue weighted by Crippen LogP contribution is 2.19. The zero-order valence-electron chi connectivity index (χ0n) is 11.8. The number of carbonyl (C=O) groups excluding carboxylic acids is 1. The van der Waals surface area contributed by atoms with Crippen molar-refractivity contribution < 1.29 is 9.53 Å². The molecule has 0 bridgehead atoms. The summed E-state index contributed by atoms with van der Waals surface area (Å²) in [6.07, 6.45) is 1.64. The molecule has 0 unspecified atom stereocenters. The van der Waals surface area contributed by atoms with Gasteiger partial charge in [-0.3, -0.25) is 4.79 Å². The molecule has 2 nitrogen and oxygen atoms in total. The fourth-order valence-electron chi connectivity index (χ4n) is 1.94. The van der Waals surface area contributed by atoms with Gasteiger partial charge in [0.15, 0.2) is 5.78 Å². The van der Waals surface area contributed by atoms with Crippen LogP contribution in [0.5, 0.6) is 5.75 Å². The molecule has 2 aromatic rings. The second-order valence-electron chi connectivity index (χ2n) is 4.74. The second kappa shape index (κ2) is 6.71. The van der Waals surface area contributed by atoms with Crippen LogP contribution in [-0.4, -0.2) is 5.78 Å². The van der Waals surface area contributed by atoms with Gasteiger partial charge in [-0.15, -0.1) is 0 Å². The predicted octanol–water partition coefficient (Wildman–Crippen LogP) is 4.26. The standard InChI is InChI=1S/C18H18O2/c1-14(12-15(2)19)17-8-10-18(11-9-17)20-13-16-6-4-3-5-7-16/h3-12H,13H2,1-2H3/b14-12+. The maximum Gasteiger partial charge on any atom is 0.152 e. The first-order valence-corrected chi connectivity index (χ1v) is 6.61. The maximum atomic E-state index is 11.1. The summed E-state index contributed by atoms with van der Waals surface area (Å²) in [5, 5.41) is 0. The van der Waals surface area contributed by atoms with E-state index in [2.05, 4.69) is 0 Å². The van der Waals surface area contributed by atoms with Gasteiger partial charge in [-0.2, -0.15) is 0 Å². The Bertz CT molecular complexity index is 595.